The second kappa shape index (κ2) is 3.81. The summed E-state index contributed by atoms with van der Waals surface area (Å²) in [6.45, 7) is 6.16. The molecule has 0 amide bonds. The normalized spacial score (nSPS) is 26.4. The molecule has 0 spiro atoms. The van der Waals surface area contributed by atoms with Crippen LogP contribution in [0.3, 0.4) is 0 Å². The van der Waals surface area contributed by atoms with Gasteiger partial charge in [0, 0.05) is 16.8 Å². The van der Waals surface area contributed by atoms with Gasteiger partial charge in [0.05, 0.1) is 10.9 Å². The average molecular weight is 232 g/mol. The van der Waals surface area contributed by atoms with Crippen molar-refractivity contribution < 1.29 is 4.74 Å². The van der Waals surface area contributed by atoms with Gasteiger partial charge in [-0.2, -0.15) is 0 Å². The Balaban J connectivity index is 2.02. The first-order valence-corrected chi connectivity index (χ1v) is 5.86. The second-order valence-electron chi connectivity index (χ2n) is 4.38. The lowest BCUT2D eigenvalue weighted by molar-refractivity contribution is -0.0577. The van der Waals surface area contributed by atoms with Gasteiger partial charge in [-0.15, -0.1) is 11.3 Å². The summed E-state index contributed by atoms with van der Waals surface area (Å²) in [5.74, 6) is 0. The minimum Gasteiger partial charge on any atom is -0.358 e. The van der Waals surface area contributed by atoms with E-state index in [0.29, 0.717) is 0 Å². The Labute approximate surface area is 93.2 Å². The summed E-state index contributed by atoms with van der Waals surface area (Å²) < 4.78 is 6.55. The third-order valence-corrected chi connectivity index (χ3v) is 3.53. The summed E-state index contributed by atoms with van der Waals surface area (Å²) in [6.07, 6.45) is 0.0283. The molecule has 1 saturated heterocycles. The molecule has 1 aromatic heterocycles. The van der Waals surface area contributed by atoms with Crippen molar-refractivity contribution in [2.75, 3.05) is 13.2 Å². The van der Waals surface area contributed by atoms with Crippen LogP contribution in [0.2, 0.25) is 4.34 Å². The summed E-state index contributed by atoms with van der Waals surface area (Å²) in [5.41, 5.74) is 0.234. The number of halogens is 1. The first-order valence-electron chi connectivity index (χ1n) is 4.67. The molecule has 14 heavy (non-hydrogen) atoms. The van der Waals surface area contributed by atoms with Gasteiger partial charge in [-0.05, 0) is 12.1 Å². The fraction of sp³-hybridized carbons (Fsp3) is 0.600. The van der Waals surface area contributed by atoms with Crippen LogP contribution >= 0.6 is 22.9 Å². The van der Waals surface area contributed by atoms with E-state index in [1.54, 1.807) is 11.3 Å². The third kappa shape index (κ3) is 2.28. The molecule has 1 atom stereocenters. The largest absolute Gasteiger partial charge is 0.358 e. The zero-order chi connectivity index (χ0) is 10.2. The smallest absolute Gasteiger partial charge is 0.143 e. The fourth-order valence-electron chi connectivity index (χ4n) is 1.44. The van der Waals surface area contributed by atoms with Gasteiger partial charge in [0.25, 0.3) is 0 Å². The highest BCUT2D eigenvalue weighted by Crippen LogP contribution is 2.31. The lowest BCUT2D eigenvalue weighted by atomic mass is 9.93. The summed E-state index contributed by atoms with van der Waals surface area (Å²) in [5, 5.41) is 3.37. The Morgan fingerprint density at radius 2 is 2.36 bits per heavy atom. The molecule has 0 saturated carbocycles. The molecule has 4 heteroatoms. The van der Waals surface area contributed by atoms with E-state index in [9.17, 15) is 0 Å². The predicted octanol–water partition coefficient (Wildman–Crippen LogP) is 3.05. The molecule has 1 fully saturated rings. The predicted molar refractivity (Wildman–Crippen MR) is 59.8 cm³/mol. The molecular weight excluding hydrogens is 218 g/mol. The van der Waals surface area contributed by atoms with Crippen LogP contribution in [-0.2, 0) is 4.74 Å². The monoisotopic (exact) mass is 231 g/mol. The van der Waals surface area contributed by atoms with Gasteiger partial charge in [-0.25, -0.2) is 0 Å². The Morgan fingerprint density at radius 1 is 1.57 bits per heavy atom. The highest BCUT2D eigenvalue weighted by Gasteiger charge is 2.28. The lowest BCUT2D eigenvalue weighted by Crippen LogP contribution is -2.42. The zero-order valence-electron chi connectivity index (χ0n) is 8.34. The van der Waals surface area contributed by atoms with Gasteiger partial charge in [0.1, 0.15) is 6.23 Å². The topological polar surface area (TPSA) is 21.3 Å². The molecular formula is C10H14ClNOS. The summed E-state index contributed by atoms with van der Waals surface area (Å²) in [4.78, 5) is 1.16. The van der Waals surface area contributed by atoms with Gasteiger partial charge >= 0.3 is 0 Å². The molecule has 0 aromatic carbocycles. The van der Waals surface area contributed by atoms with Crippen molar-refractivity contribution in [3.8, 4) is 0 Å². The maximum Gasteiger partial charge on any atom is 0.143 e. The molecule has 2 rings (SSSR count). The number of ether oxygens (including phenoxy) is 1. The van der Waals surface area contributed by atoms with Crippen molar-refractivity contribution in [2.45, 2.75) is 20.1 Å². The van der Waals surface area contributed by atoms with Gasteiger partial charge < -0.3 is 4.74 Å². The van der Waals surface area contributed by atoms with Gasteiger partial charge in [-0.3, -0.25) is 5.32 Å². The van der Waals surface area contributed by atoms with E-state index in [0.717, 1.165) is 22.4 Å². The summed E-state index contributed by atoms with van der Waals surface area (Å²) in [7, 11) is 0. The minimum absolute atomic E-state index is 0.0283. The molecule has 2 nitrogen and oxygen atoms in total. The molecule has 1 aliphatic rings. The van der Waals surface area contributed by atoms with Crippen molar-refractivity contribution in [1.29, 1.82) is 0 Å². The lowest BCUT2D eigenvalue weighted by Gasteiger charge is -2.35. The molecule has 0 bridgehead atoms. The van der Waals surface area contributed by atoms with Crippen molar-refractivity contribution in [2.24, 2.45) is 5.41 Å². The van der Waals surface area contributed by atoms with Crippen LogP contribution < -0.4 is 5.32 Å². The number of rotatable bonds is 1. The van der Waals surface area contributed by atoms with E-state index in [2.05, 4.69) is 19.2 Å². The van der Waals surface area contributed by atoms with Crippen LogP contribution in [-0.4, -0.2) is 13.2 Å². The van der Waals surface area contributed by atoms with Crippen LogP contribution in [0.5, 0.6) is 0 Å². The number of nitrogens with one attached hydrogen (secondary N) is 1. The number of thiophene rings is 1. The van der Waals surface area contributed by atoms with E-state index < -0.39 is 0 Å². The van der Waals surface area contributed by atoms with Crippen LogP contribution in [0.4, 0.5) is 0 Å². The summed E-state index contributed by atoms with van der Waals surface area (Å²) >= 11 is 7.44. The fourth-order valence-corrected chi connectivity index (χ4v) is 2.53. The van der Waals surface area contributed by atoms with Gasteiger partial charge in [-0.1, -0.05) is 25.4 Å². The molecule has 1 N–H and O–H groups in total. The zero-order valence-corrected chi connectivity index (χ0v) is 9.91. The third-order valence-electron chi connectivity index (χ3n) is 2.26. The maximum absolute atomic E-state index is 5.87. The molecule has 0 aliphatic carbocycles. The Kier molecular flexibility index (Phi) is 2.84. The molecule has 1 unspecified atom stereocenters. The minimum atomic E-state index is 0.0283. The van der Waals surface area contributed by atoms with Crippen molar-refractivity contribution >= 4 is 22.9 Å². The van der Waals surface area contributed by atoms with Crippen molar-refractivity contribution in [3.63, 3.8) is 0 Å². The molecule has 1 aliphatic heterocycles. The van der Waals surface area contributed by atoms with Gasteiger partial charge in [0.2, 0.25) is 0 Å². The van der Waals surface area contributed by atoms with Crippen LogP contribution in [0.25, 0.3) is 0 Å². The molecule has 1 aromatic rings. The molecule has 78 valence electrons. The maximum atomic E-state index is 5.87. The standard InChI is InChI=1S/C10H14ClNOS/c1-10(2)5-12-9(13-6-10)7-3-4-8(11)14-7/h3-4,9,12H,5-6H2,1-2H3. The Bertz CT molecular complexity index is 314. The van der Waals surface area contributed by atoms with Crippen molar-refractivity contribution in [3.05, 3.63) is 21.3 Å². The van der Waals surface area contributed by atoms with E-state index in [4.69, 9.17) is 16.3 Å². The van der Waals surface area contributed by atoms with Crippen LogP contribution in [0.1, 0.15) is 25.0 Å². The van der Waals surface area contributed by atoms with Gasteiger partial charge in [0.15, 0.2) is 0 Å². The second-order valence-corrected chi connectivity index (χ2v) is 6.12. The first-order chi connectivity index (χ1) is 6.57. The van der Waals surface area contributed by atoms with E-state index in [-0.39, 0.29) is 11.6 Å². The summed E-state index contributed by atoms with van der Waals surface area (Å²) in [6, 6.07) is 3.93. The molecule has 2 heterocycles. The van der Waals surface area contributed by atoms with E-state index >= 15 is 0 Å². The van der Waals surface area contributed by atoms with E-state index in [1.165, 1.54) is 0 Å². The highest BCUT2D eigenvalue weighted by atomic mass is 35.5. The van der Waals surface area contributed by atoms with Crippen molar-refractivity contribution in [1.82, 2.24) is 5.32 Å². The Morgan fingerprint density at radius 3 is 2.86 bits per heavy atom. The highest BCUT2D eigenvalue weighted by molar-refractivity contribution is 7.16. The number of hydrogen-bond donors (Lipinski definition) is 1. The first kappa shape index (κ1) is 10.4. The number of hydrogen-bond acceptors (Lipinski definition) is 3. The van der Waals surface area contributed by atoms with Crippen LogP contribution in [0.15, 0.2) is 12.1 Å². The SMILES string of the molecule is CC1(C)CNC(c2ccc(Cl)s2)OC1. The van der Waals surface area contributed by atoms with E-state index in [1.807, 2.05) is 12.1 Å². The van der Waals surface area contributed by atoms with Crippen LogP contribution in [0, 0.1) is 5.41 Å². The quantitative estimate of drug-likeness (QED) is 0.802. The molecule has 0 radical (unpaired) electrons. The Hall–Kier alpha value is -0.0900. The average Bonchev–Trinajstić information content (AvgIpc) is 2.52.